The molecule has 0 aliphatic carbocycles. The molecule has 0 spiro atoms. The van der Waals surface area contributed by atoms with Gasteiger partial charge in [0.2, 0.25) is 0 Å². The Labute approximate surface area is 223 Å². The molecule has 5 rings (SSSR count). The largest absolute Gasteiger partial charge is 0.457 e. The van der Waals surface area contributed by atoms with E-state index in [9.17, 15) is 13.2 Å². The Morgan fingerprint density at radius 3 is 2.47 bits per heavy atom. The Balaban J connectivity index is 1.46. The van der Waals surface area contributed by atoms with E-state index in [1.54, 1.807) is 32.4 Å². The number of aromatic nitrogens is 2. The Bertz CT molecular complexity index is 1580. The molecule has 38 heavy (non-hydrogen) atoms. The van der Waals surface area contributed by atoms with E-state index in [1.807, 2.05) is 30.3 Å². The van der Waals surface area contributed by atoms with Crippen LogP contribution in [-0.4, -0.2) is 36.8 Å². The molecule has 0 bridgehead atoms. The summed E-state index contributed by atoms with van der Waals surface area (Å²) >= 11 is 0. The number of sulfone groups is 1. The molecule has 0 amide bonds. The molecule has 3 heterocycles. The maximum atomic E-state index is 12.6. The van der Waals surface area contributed by atoms with E-state index >= 15 is 0 Å². The number of hydrogen-bond acceptors (Lipinski definition) is 5. The summed E-state index contributed by atoms with van der Waals surface area (Å²) in [5, 5.41) is 4.19. The van der Waals surface area contributed by atoms with E-state index in [4.69, 9.17) is 4.74 Å². The molecular weight excluding hydrogens is 498 g/mol. The molecule has 1 saturated heterocycles. The molecule has 2 aromatic carbocycles. The quantitative estimate of drug-likeness (QED) is 0.309. The first kappa shape index (κ1) is 26.3. The fraction of sp³-hybridized carbons (Fsp3) is 0.367. The third kappa shape index (κ3) is 5.87. The smallest absolute Gasteiger partial charge is 0.274 e. The topological polar surface area (TPSA) is 93.2 Å². The molecule has 7 nitrogen and oxygen atoms in total. The maximum absolute atomic E-state index is 12.6. The van der Waals surface area contributed by atoms with Gasteiger partial charge in [-0.3, -0.25) is 4.79 Å². The van der Waals surface area contributed by atoms with Crippen molar-refractivity contribution in [1.82, 2.24) is 14.9 Å². The molecule has 0 unspecified atom stereocenters. The number of piperidine rings is 1. The average Bonchev–Trinajstić information content (AvgIpc) is 3.42. The molecule has 2 N–H and O–H groups in total. The van der Waals surface area contributed by atoms with Gasteiger partial charge in [-0.15, -0.1) is 0 Å². The summed E-state index contributed by atoms with van der Waals surface area (Å²) < 4.78 is 32.6. The minimum Gasteiger partial charge on any atom is -0.457 e. The van der Waals surface area contributed by atoms with Gasteiger partial charge in [-0.05, 0) is 86.1 Å². The Hall–Kier alpha value is -3.36. The van der Waals surface area contributed by atoms with Gasteiger partial charge in [0.05, 0.1) is 5.75 Å². The van der Waals surface area contributed by atoms with Crippen molar-refractivity contribution in [3.8, 4) is 22.6 Å². The van der Waals surface area contributed by atoms with E-state index in [2.05, 4.69) is 22.4 Å². The highest BCUT2D eigenvalue weighted by molar-refractivity contribution is 7.90. The van der Waals surface area contributed by atoms with Crippen LogP contribution in [0.1, 0.15) is 37.3 Å². The molecule has 0 saturated carbocycles. The molecule has 1 aliphatic rings. The number of fused-ring (bicyclic) bond motifs is 1. The lowest BCUT2D eigenvalue weighted by Crippen LogP contribution is -2.27. The normalized spacial score (nSPS) is 14.7. The number of ether oxygens (including phenoxy) is 1. The van der Waals surface area contributed by atoms with Gasteiger partial charge < -0.3 is 19.6 Å². The van der Waals surface area contributed by atoms with Crippen molar-refractivity contribution < 1.29 is 13.2 Å². The third-order valence-electron chi connectivity index (χ3n) is 7.51. The standard InChI is InChI=1S/C30H35N3O4S/c1-3-38(35,36)20-23-8-11-28(26(18-23)27-19-33(2)30(34)29-25(27)14-17-32-29)37-24-9-6-21(7-10-24)4-5-22-12-15-31-16-13-22/h6-11,14,17-19,22,31-32H,3-5,12-13,15-16,20H2,1-2H3. The molecule has 200 valence electrons. The first-order valence-corrected chi connectivity index (χ1v) is 15.1. The predicted octanol–water partition coefficient (Wildman–Crippen LogP) is 5.19. The molecular formula is C30H35N3O4S. The predicted molar refractivity (Wildman–Crippen MR) is 153 cm³/mol. The van der Waals surface area contributed by atoms with Crippen molar-refractivity contribution in [2.24, 2.45) is 13.0 Å². The van der Waals surface area contributed by atoms with Crippen LogP contribution in [0.4, 0.5) is 0 Å². The first-order chi connectivity index (χ1) is 18.3. The maximum Gasteiger partial charge on any atom is 0.274 e. The van der Waals surface area contributed by atoms with E-state index in [0.717, 1.165) is 41.9 Å². The van der Waals surface area contributed by atoms with Crippen molar-refractivity contribution in [2.45, 2.75) is 38.4 Å². The number of benzene rings is 2. The SMILES string of the molecule is CCS(=O)(=O)Cc1ccc(Oc2ccc(CCC3CCNCC3)cc2)c(-c2cn(C)c(=O)c3[nH]ccc23)c1. The Kier molecular flexibility index (Phi) is 7.72. The van der Waals surface area contributed by atoms with E-state index in [1.165, 1.54) is 29.4 Å². The average molecular weight is 534 g/mol. The number of H-pyrrole nitrogens is 1. The second-order valence-electron chi connectivity index (χ2n) is 10.2. The van der Waals surface area contributed by atoms with Crippen molar-refractivity contribution in [3.05, 3.63) is 82.4 Å². The van der Waals surface area contributed by atoms with Gasteiger partial charge in [0.25, 0.3) is 5.56 Å². The molecule has 1 aliphatic heterocycles. The monoisotopic (exact) mass is 533 g/mol. The number of pyridine rings is 1. The van der Waals surface area contributed by atoms with Crippen molar-refractivity contribution in [3.63, 3.8) is 0 Å². The summed E-state index contributed by atoms with van der Waals surface area (Å²) in [6, 6.07) is 15.6. The second kappa shape index (κ2) is 11.2. The highest BCUT2D eigenvalue weighted by atomic mass is 32.2. The number of hydrogen-bond donors (Lipinski definition) is 2. The van der Waals surface area contributed by atoms with Gasteiger partial charge >= 0.3 is 0 Å². The molecule has 2 aromatic heterocycles. The lowest BCUT2D eigenvalue weighted by Gasteiger charge is -2.22. The third-order valence-corrected chi connectivity index (χ3v) is 9.16. The van der Waals surface area contributed by atoms with Gasteiger partial charge in [-0.2, -0.15) is 0 Å². The fourth-order valence-electron chi connectivity index (χ4n) is 5.20. The van der Waals surface area contributed by atoms with E-state index < -0.39 is 9.84 Å². The molecule has 0 radical (unpaired) electrons. The van der Waals surface area contributed by atoms with Crippen molar-refractivity contribution >= 4 is 20.7 Å². The highest BCUT2D eigenvalue weighted by Gasteiger charge is 2.18. The summed E-state index contributed by atoms with van der Waals surface area (Å²) in [7, 11) is -1.51. The Morgan fingerprint density at radius 2 is 1.74 bits per heavy atom. The zero-order valence-corrected chi connectivity index (χ0v) is 22.8. The summed E-state index contributed by atoms with van der Waals surface area (Å²) in [6.45, 7) is 3.89. The van der Waals surface area contributed by atoms with Crippen molar-refractivity contribution in [1.29, 1.82) is 0 Å². The minimum absolute atomic E-state index is 0.0510. The van der Waals surface area contributed by atoms with Crippen LogP contribution in [-0.2, 0) is 29.1 Å². The second-order valence-corrected chi connectivity index (χ2v) is 12.6. The van der Waals surface area contributed by atoms with Crippen LogP contribution in [0.25, 0.3) is 22.0 Å². The van der Waals surface area contributed by atoms with Gasteiger partial charge in [-0.25, -0.2) is 8.42 Å². The van der Waals surface area contributed by atoms with Gasteiger partial charge in [0.15, 0.2) is 9.84 Å². The van der Waals surface area contributed by atoms with Crippen LogP contribution in [0.5, 0.6) is 11.5 Å². The molecule has 0 atom stereocenters. The molecule has 1 fully saturated rings. The van der Waals surface area contributed by atoms with Gasteiger partial charge in [0.1, 0.15) is 17.0 Å². The van der Waals surface area contributed by atoms with E-state index in [0.29, 0.717) is 22.6 Å². The van der Waals surface area contributed by atoms with E-state index in [-0.39, 0.29) is 17.1 Å². The van der Waals surface area contributed by atoms with Crippen LogP contribution in [0.3, 0.4) is 0 Å². The summed E-state index contributed by atoms with van der Waals surface area (Å²) in [6.07, 6.45) is 8.28. The minimum atomic E-state index is -3.21. The highest BCUT2D eigenvalue weighted by Crippen LogP contribution is 2.37. The van der Waals surface area contributed by atoms with Gasteiger partial charge in [-0.1, -0.05) is 25.1 Å². The lowest BCUT2D eigenvalue weighted by atomic mass is 9.91. The number of rotatable bonds is 9. The summed E-state index contributed by atoms with van der Waals surface area (Å²) in [4.78, 5) is 15.7. The number of nitrogens with zero attached hydrogens (tertiary/aromatic N) is 1. The fourth-order valence-corrected chi connectivity index (χ4v) is 6.09. The lowest BCUT2D eigenvalue weighted by molar-refractivity contribution is 0.354. The van der Waals surface area contributed by atoms with Crippen LogP contribution in [0.15, 0.2) is 65.7 Å². The zero-order valence-electron chi connectivity index (χ0n) is 22.0. The molecule has 4 aromatic rings. The first-order valence-electron chi connectivity index (χ1n) is 13.3. The molecule has 8 heteroatoms. The number of aromatic amines is 1. The summed E-state index contributed by atoms with van der Waals surface area (Å²) in [5.74, 6) is 2.13. The Morgan fingerprint density at radius 1 is 1.00 bits per heavy atom. The van der Waals surface area contributed by atoms with Crippen LogP contribution >= 0.6 is 0 Å². The van der Waals surface area contributed by atoms with Crippen molar-refractivity contribution in [2.75, 3.05) is 18.8 Å². The zero-order chi connectivity index (χ0) is 26.7. The van der Waals surface area contributed by atoms with Crippen LogP contribution in [0.2, 0.25) is 0 Å². The van der Waals surface area contributed by atoms with Crippen LogP contribution in [0, 0.1) is 5.92 Å². The number of nitrogens with one attached hydrogen (secondary N) is 2. The summed E-state index contributed by atoms with van der Waals surface area (Å²) in [5.41, 5.74) is 3.89. The van der Waals surface area contributed by atoms with Crippen LogP contribution < -0.4 is 15.6 Å². The van der Waals surface area contributed by atoms with Gasteiger partial charge in [0, 0.05) is 41.7 Å². The number of aryl methyl sites for hydroxylation is 2.